The van der Waals surface area contributed by atoms with Crippen LogP contribution < -0.4 is 4.90 Å². The fourth-order valence-corrected chi connectivity index (χ4v) is 4.59. The van der Waals surface area contributed by atoms with Crippen LogP contribution in [-0.4, -0.2) is 32.6 Å². The SMILES string of the molecule is Oc1ccc2c(c1)N(c1ccccc1)C[C@]1(O)Cc3cc(O)c(O)cc3[C@H]21. The molecule has 0 saturated carbocycles. The third-order valence-corrected chi connectivity index (χ3v) is 5.70. The molecule has 0 fully saturated rings. The number of aliphatic hydroxyl groups is 1. The summed E-state index contributed by atoms with van der Waals surface area (Å²) in [5.41, 5.74) is 3.20. The van der Waals surface area contributed by atoms with E-state index in [-0.39, 0.29) is 23.2 Å². The molecule has 3 aromatic rings. The molecule has 136 valence electrons. The van der Waals surface area contributed by atoms with Gasteiger partial charge in [0.15, 0.2) is 11.5 Å². The average molecular weight is 361 g/mol. The Labute approximate surface area is 156 Å². The van der Waals surface area contributed by atoms with Crippen LogP contribution in [0, 0.1) is 0 Å². The standard InChI is InChI=1S/C22H19NO4/c24-15-6-7-16-18(9-15)23(14-4-2-1-3-5-14)12-22(27)11-13-8-19(25)20(26)10-17(13)21(16)22/h1-10,21,24-27H,11-12H2/t21-,22+/m0/s1. The van der Waals surface area contributed by atoms with Crippen LogP contribution >= 0.6 is 0 Å². The maximum absolute atomic E-state index is 11.6. The molecule has 0 saturated heterocycles. The number of phenolic OH excluding ortho intramolecular Hbond substituents is 3. The molecule has 0 amide bonds. The summed E-state index contributed by atoms with van der Waals surface area (Å²) in [6.07, 6.45) is 0.379. The molecule has 2 aliphatic rings. The number of β-amino-alcohol motifs (C(OH)–C–C–N with tert-alkyl or cyclic N) is 1. The monoisotopic (exact) mass is 361 g/mol. The summed E-state index contributed by atoms with van der Waals surface area (Å²) < 4.78 is 0. The minimum atomic E-state index is -1.08. The molecule has 5 nitrogen and oxygen atoms in total. The third kappa shape index (κ3) is 2.28. The number of benzene rings is 3. The number of hydrogen-bond acceptors (Lipinski definition) is 5. The van der Waals surface area contributed by atoms with E-state index in [2.05, 4.69) is 0 Å². The predicted molar refractivity (Wildman–Crippen MR) is 102 cm³/mol. The van der Waals surface area contributed by atoms with Gasteiger partial charge < -0.3 is 25.3 Å². The van der Waals surface area contributed by atoms with Crippen molar-refractivity contribution in [3.05, 3.63) is 77.4 Å². The first kappa shape index (κ1) is 16.0. The number of fused-ring (bicyclic) bond motifs is 5. The van der Waals surface area contributed by atoms with Crippen molar-refractivity contribution in [2.45, 2.75) is 17.9 Å². The van der Waals surface area contributed by atoms with Gasteiger partial charge in [-0.2, -0.15) is 0 Å². The van der Waals surface area contributed by atoms with Gasteiger partial charge in [-0.1, -0.05) is 24.3 Å². The highest BCUT2D eigenvalue weighted by Gasteiger charge is 2.51. The maximum Gasteiger partial charge on any atom is 0.157 e. The van der Waals surface area contributed by atoms with Crippen LogP contribution in [0.1, 0.15) is 22.6 Å². The number of aromatic hydroxyl groups is 3. The second-order valence-electron chi connectivity index (χ2n) is 7.42. The summed E-state index contributed by atoms with van der Waals surface area (Å²) >= 11 is 0. The van der Waals surface area contributed by atoms with Gasteiger partial charge in [0, 0.05) is 29.8 Å². The maximum atomic E-state index is 11.6. The number of nitrogens with zero attached hydrogens (tertiary/aromatic N) is 1. The van der Waals surface area contributed by atoms with Crippen LogP contribution in [0.5, 0.6) is 17.2 Å². The van der Waals surface area contributed by atoms with E-state index in [0.717, 1.165) is 28.1 Å². The number of hydrogen-bond donors (Lipinski definition) is 4. The first-order valence-electron chi connectivity index (χ1n) is 8.89. The van der Waals surface area contributed by atoms with Gasteiger partial charge in [0.25, 0.3) is 0 Å². The van der Waals surface area contributed by atoms with Gasteiger partial charge >= 0.3 is 0 Å². The molecule has 5 heteroatoms. The van der Waals surface area contributed by atoms with Crippen molar-refractivity contribution < 1.29 is 20.4 Å². The zero-order chi connectivity index (χ0) is 18.8. The molecule has 0 radical (unpaired) electrons. The molecule has 0 spiro atoms. The highest BCUT2D eigenvalue weighted by atomic mass is 16.3. The lowest BCUT2D eigenvalue weighted by molar-refractivity contribution is 0.0403. The van der Waals surface area contributed by atoms with Gasteiger partial charge in [-0.25, -0.2) is 0 Å². The molecule has 4 N–H and O–H groups in total. The molecular formula is C22H19NO4. The van der Waals surface area contributed by atoms with Gasteiger partial charge in [0.1, 0.15) is 5.75 Å². The summed E-state index contributed by atoms with van der Waals surface area (Å²) in [5, 5.41) is 41.6. The van der Waals surface area contributed by atoms with E-state index in [9.17, 15) is 20.4 Å². The van der Waals surface area contributed by atoms with Crippen LogP contribution in [0.4, 0.5) is 11.4 Å². The zero-order valence-corrected chi connectivity index (χ0v) is 14.5. The lowest BCUT2D eigenvalue weighted by atomic mass is 9.77. The Bertz CT molecular complexity index is 1050. The van der Waals surface area contributed by atoms with Crippen LogP contribution in [0.3, 0.4) is 0 Å². The molecule has 0 aromatic heterocycles. The highest BCUT2D eigenvalue weighted by molar-refractivity contribution is 5.74. The Kier molecular flexibility index (Phi) is 3.21. The number of anilines is 2. The van der Waals surface area contributed by atoms with Crippen molar-refractivity contribution in [1.82, 2.24) is 0 Å². The van der Waals surface area contributed by atoms with Gasteiger partial charge in [-0.3, -0.25) is 0 Å². The van der Waals surface area contributed by atoms with Gasteiger partial charge in [0.05, 0.1) is 12.1 Å². The van der Waals surface area contributed by atoms with E-state index >= 15 is 0 Å². The van der Waals surface area contributed by atoms with Crippen LogP contribution in [0.25, 0.3) is 0 Å². The Balaban J connectivity index is 1.74. The zero-order valence-electron chi connectivity index (χ0n) is 14.5. The lowest BCUT2D eigenvalue weighted by Crippen LogP contribution is -2.49. The molecule has 2 atom stereocenters. The minimum Gasteiger partial charge on any atom is -0.508 e. The number of phenols is 3. The summed E-state index contributed by atoms with van der Waals surface area (Å²) in [4.78, 5) is 2.01. The second kappa shape index (κ2) is 5.41. The molecule has 5 rings (SSSR count). The molecule has 0 bridgehead atoms. The van der Waals surface area contributed by atoms with E-state index in [4.69, 9.17) is 0 Å². The molecule has 1 heterocycles. The van der Waals surface area contributed by atoms with Gasteiger partial charge in [-0.05, 0) is 47.0 Å². The Morgan fingerprint density at radius 1 is 0.852 bits per heavy atom. The van der Waals surface area contributed by atoms with Crippen molar-refractivity contribution in [3.63, 3.8) is 0 Å². The van der Waals surface area contributed by atoms with E-state index in [0.29, 0.717) is 13.0 Å². The summed E-state index contributed by atoms with van der Waals surface area (Å²) in [6.45, 7) is 0.342. The lowest BCUT2D eigenvalue weighted by Gasteiger charge is -2.44. The molecule has 1 aliphatic carbocycles. The topological polar surface area (TPSA) is 84.2 Å². The Morgan fingerprint density at radius 3 is 2.37 bits per heavy atom. The quantitative estimate of drug-likeness (QED) is 0.500. The van der Waals surface area contributed by atoms with Crippen molar-refractivity contribution in [1.29, 1.82) is 0 Å². The van der Waals surface area contributed by atoms with Crippen molar-refractivity contribution >= 4 is 11.4 Å². The Hall–Kier alpha value is -3.18. The molecular weight excluding hydrogens is 342 g/mol. The number of para-hydroxylation sites is 1. The second-order valence-corrected chi connectivity index (χ2v) is 7.42. The van der Waals surface area contributed by atoms with E-state index in [1.165, 1.54) is 6.07 Å². The summed E-state index contributed by atoms with van der Waals surface area (Å²) in [7, 11) is 0. The fraction of sp³-hybridized carbons (Fsp3) is 0.182. The molecule has 3 aromatic carbocycles. The Morgan fingerprint density at radius 2 is 1.59 bits per heavy atom. The molecule has 1 aliphatic heterocycles. The largest absolute Gasteiger partial charge is 0.508 e. The van der Waals surface area contributed by atoms with Crippen molar-refractivity contribution in [3.8, 4) is 17.2 Å². The first-order valence-corrected chi connectivity index (χ1v) is 8.89. The van der Waals surface area contributed by atoms with E-state index < -0.39 is 5.60 Å². The normalized spacial score (nSPS) is 22.9. The van der Waals surface area contributed by atoms with Crippen molar-refractivity contribution in [2.24, 2.45) is 0 Å². The van der Waals surface area contributed by atoms with Gasteiger partial charge in [0.2, 0.25) is 0 Å². The minimum absolute atomic E-state index is 0.159. The third-order valence-electron chi connectivity index (χ3n) is 5.70. The van der Waals surface area contributed by atoms with Crippen molar-refractivity contribution in [2.75, 3.05) is 11.4 Å². The fourth-order valence-electron chi connectivity index (χ4n) is 4.59. The smallest absolute Gasteiger partial charge is 0.157 e. The summed E-state index contributed by atoms with van der Waals surface area (Å²) in [5.74, 6) is -0.549. The van der Waals surface area contributed by atoms with E-state index in [1.54, 1.807) is 18.2 Å². The van der Waals surface area contributed by atoms with Gasteiger partial charge in [-0.15, -0.1) is 0 Å². The van der Waals surface area contributed by atoms with Crippen LogP contribution in [0.2, 0.25) is 0 Å². The van der Waals surface area contributed by atoms with Crippen LogP contribution in [-0.2, 0) is 6.42 Å². The molecule has 0 unspecified atom stereocenters. The first-order chi connectivity index (χ1) is 13.0. The number of rotatable bonds is 1. The highest BCUT2D eigenvalue weighted by Crippen LogP contribution is 2.55. The predicted octanol–water partition coefficient (Wildman–Crippen LogP) is 3.37. The average Bonchev–Trinajstić information content (AvgIpc) is 2.93. The summed E-state index contributed by atoms with van der Waals surface area (Å²) in [6, 6.07) is 18.0. The molecule has 27 heavy (non-hydrogen) atoms. The van der Waals surface area contributed by atoms with Crippen LogP contribution in [0.15, 0.2) is 60.7 Å². The van der Waals surface area contributed by atoms with E-state index in [1.807, 2.05) is 41.3 Å².